The van der Waals surface area contributed by atoms with Crippen molar-refractivity contribution in [3.8, 4) is 5.75 Å². The van der Waals surface area contributed by atoms with E-state index in [2.05, 4.69) is 26.1 Å². The first-order valence-electron chi connectivity index (χ1n) is 6.74. The fourth-order valence-electron chi connectivity index (χ4n) is 1.96. The molecule has 0 aliphatic carbocycles. The fourth-order valence-corrected chi connectivity index (χ4v) is 1.96. The van der Waals surface area contributed by atoms with Crippen LogP contribution < -0.4 is 10.1 Å². The van der Waals surface area contributed by atoms with E-state index >= 15 is 0 Å². The third-order valence-electron chi connectivity index (χ3n) is 3.12. The predicted octanol–water partition coefficient (Wildman–Crippen LogP) is 2.79. The minimum absolute atomic E-state index is 0.274. The zero-order chi connectivity index (χ0) is 14.3. The van der Waals surface area contributed by atoms with Gasteiger partial charge in [0.2, 0.25) is 0 Å². The van der Waals surface area contributed by atoms with Gasteiger partial charge in [-0.2, -0.15) is 0 Å². The van der Waals surface area contributed by atoms with E-state index in [9.17, 15) is 4.79 Å². The summed E-state index contributed by atoms with van der Waals surface area (Å²) < 4.78 is 5.56. The van der Waals surface area contributed by atoms with E-state index in [-0.39, 0.29) is 5.56 Å². The van der Waals surface area contributed by atoms with Crippen LogP contribution in [0.15, 0.2) is 24.3 Å². The van der Waals surface area contributed by atoms with Gasteiger partial charge in [-0.25, -0.2) is 4.79 Å². The van der Waals surface area contributed by atoms with E-state index in [1.807, 2.05) is 0 Å². The van der Waals surface area contributed by atoms with Crippen LogP contribution in [0.1, 0.15) is 37.6 Å². The Kier molecular flexibility index (Phi) is 6.36. The maximum atomic E-state index is 10.7. The Labute approximate surface area is 114 Å². The molecule has 0 bridgehead atoms. The molecule has 1 atom stereocenters. The van der Waals surface area contributed by atoms with Crippen molar-refractivity contribution >= 4 is 5.97 Å². The summed E-state index contributed by atoms with van der Waals surface area (Å²) in [7, 11) is 0. The van der Waals surface area contributed by atoms with E-state index in [0.717, 1.165) is 13.0 Å². The van der Waals surface area contributed by atoms with Crippen molar-refractivity contribution in [3.63, 3.8) is 0 Å². The number of benzene rings is 1. The summed E-state index contributed by atoms with van der Waals surface area (Å²) >= 11 is 0. The summed E-state index contributed by atoms with van der Waals surface area (Å²) in [5, 5.41) is 12.2. The standard InChI is InChI=1S/C15H23NO3/c1-4-14(11(2)3)16-9-10-19-13-7-5-12(6-8-13)15(17)18/h5-8,11,14,16H,4,9-10H2,1-3H3,(H,17,18). The van der Waals surface area contributed by atoms with Gasteiger partial charge in [-0.3, -0.25) is 0 Å². The number of hydrogen-bond acceptors (Lipinski definition) is 3. The SMILES string of the molecule is CCC(NCCOc1ccc(C(=O)O)cc1)C(C)C. The molecule has 1 aromatic rings. The quantitative estimate of drug-likeness (QED) is 0.710. The normalized spacial score (nSPS) is 12.4. The van der Waals surface area contributed by atoms with Crippen LogP contribution in [0, 0.1) is 5.92 Å². The largest absolute Gasteiger partial charge is 0.492 e. The third-order valence-corrected chi connectivity index (χ3v) is 3.12. The highest BCUT2D eigenvalue weighted by atomic mass is 16.5. The Morgan fingerprint density at radius 3 is 2.42 bits per heavy atom. The highest BCUT2D eigenvalue weighted by Gasteiger charge is 2.09. The zero-order valence-electron chi connectivity index (χ0n) is 11.8. The minimum Gasteiger partial charge on any atom is -0.492 e. The summed E-state index contributed by atoms with van der Waals surface area (Å²) in [5.41, 5.74) is 0.274. The average Bonchev–Trinajstić information content (AvgIpc) is 2.38. The van der Waals surface area contributed by atoms with Gasteiger partial charge in [-0.15, -0.1) is 0 Å². The summed E-state index contributed by atoms with van der Waals surface area (Å²) in [6.45, 7) is 7.94. The first-order chi connectivity index (χ1) is 9.04. The van der Waals surface area contributed by atoms with Gasteiger partial charge in [-0.05, 0) is 36.6 Å². The molecular weight excluding hydrogens is 242 g/mol. The lowest BCUT2D eigenvalue weighted by Crippen LogP contribution is -2.35. The lowest BCUT2D eigenvalue weighted by Gasteiger charge is -2.20. The Bertz CT molecular complexity index is 387. The van der Waals surface area contributed by atoms with Gasteiger partial charge in [0, 0.05) is 12.6 Å². The average molecular weight is 265 g/mol. The molecule has 1 aromatic carbocycles. The van der Waals surface area contributed by atoms with Gasteiger partial charge in [0.1, 0.15) is 12.4 Å². The molecule has 0 radical (unpaired) electrons. The maximum absolute atomic E-state index is 10.7. The number of carboxylic acids is 1. The lowest BCUT2D eigenvalue weighted by atomic mass is 10.0. The number of nitrogens with one attached hydrogen (secondary N) is 1. The number of hydrogen-bond donors (Lipinski definition) is 2. The van der Waals surface area contributed by atoms with E-state index < -0.39 is 5.97 Å². The van der Waals surface area contributed by atoms with Crippen LogP contribution >= 0.6 is 0 Å². The fraction of sp³-hybridized carbons (Fsp3) is 0.533. The molecular formula is C15H23NO3. The van der Waals surface area contributed by atoms with Gasteiger partial charge >= 0.3 is 5.97 Å². The van der Waals surface area contributed by atoms with E-state index in [1.165, 1.54) is 0 Å². The molecule has 1 rings (SSSR count). The molecule has 1 unspecified atom stereocenters. The molecule has 4 heteroatoms. The van der Waals surface area contributed by atoms with E-state index in [1.54, 1.807) is 24.3 Å². The Morgan fingerprint density at radius 2 is 1.95 bits per heavy atom. The van der Waals surface area contributed by atoms with Crippen molar-refractivity contribution in [2.75, 3.05) is 13.2 Å². The number of carboxylic acid groups (broad SMARTS) is 1. The summed E-state index contributed by atoms with van der Waals surface area (Å²) in [5.74, 6) is 0.389. The molecule has 19 heavy (non-hydrogen) atoms. The molecule has 0 aliphatic rings. The first kappa shape index (κ1) is 15.5. The van der Waals surface area contributed by atoms with Gasteiger partial charge < -0.3 is 15.2 Å². The van der Waals surface area contributed by atoms with Crippen LogP contribution in [0.2, 0.25) is 0 Å². The third kappa shape index (κ3) is 5.30. The summed E-state index contributed by atoms with van der Waals surface area (Å²) in [6, 6.07) is 6.98. The number of aromatic carboxylic acids is 1. The molecule has 0 spiro atoms. The number of carbonyl (C=O) groups is 1. The second-order valence-electron chi connectivity index (χ2n) is 4.89. The number of rotatable bonds is 8. The smallest absolute Gasteiger partial charge is 0.335 e. The molecule has 2 N–H and O–H groups in total. The van der Waals surface area contributed by atoms with Crippen LogP contribution in [0.4, 0.5) is 0 Å². The van der Waals surface area contributed by atoms with Gasteiger partial charge in [0.25, 0.3) is 0 Å². The second kappa shape index (κ2) is 7.79. The van der Waals surface area contributed by atoms with Crippen LogP contribution in [-0.4, -0.2) is 30.3 Å². The van der Waals surface area contributed by atoms with Gasteiger partial charge in [0.15, 0.2) is 0 Å². The highest BCUT2D eigenvalue weighted by Crippen LogP contribution is 2.12. The number of ether oxygens (including phenoxy) is 1. The van der Waals surface area contributed by atoms with Crippen molar-refractivity contribution < 1.29 is 14.6 Å². The highest BCUT2D eigenvalue weighted by molar-refractivity contribution is 5.87. The predicted molar refractivity (Wildman–Crippen MR) is 75.8 cm³/mol. The minimum atomic E-state index is -0.920. The van der Waals surface area contributed by atoms with Crippen molar-refractivity contribution in [1.29, 1.82) is 0 Å². The molecule has 0 aliphatic heterocycles. The summed E-state index contributed by atoms with van der Waals surface area (Å²) in [6.07, 6.45) is 1.10. The molecule has 0 fully saturated rings. The molecule has 0 saturated carbocycles. The molecule has 106 valence electrons. The molecule has 0 aromatic heterocycles. The summed E-state index contributed by atoms with van der Waals surface area (Å²) in [4.78, 5) is 10.7. The van der Waals surface area contributed by atoms with E-state index in [4.69, 9.17) is 9.84 Å². The van der Waals surface area contributed by atoms with Crippen molar-refractivity contribution in [1.82, 2.24) is 5.32 Å². The topological polar surface area (TPSA) is 58.6 Å². The zero-order valence-corrected chi connectivity index (χ0v) is 11.8. The monoisotopic (exact) mass is 265 g/mol. The Hall–Kier alpha value is -1.55. The maximum Gasteiger partial charge on any atom is 0.335 e. The van der Waals surface area contributed by atoms with Gasteiger partial charge in [0.05, 0.1) is 5.56 Å². The van der Waals surface area contributed by atoms with Crippen molar-refractivity contribution in [3.05, 3.63) is 29.8 Å². The first-order valence-corrected chi connectivity index (χ1v) is 6.74. The van der Waals surface area contributed by atoms with Gasteiger partial charge in [-0.1, -0.05) is 20.8 Å². The van der Waals surface area contributed by atoms with Crippen LogP contribution in [-0.2, 0) is 0 Å². The van der Waals surface area contributed by atoms with Crippen LogP contribution in [0.3, 0.4) is 0 Å². The Balaban J connectivity index is 2.31. The van der Waals surface area contributed by atoms with Crippen LogP contribution in [0.25, 0.3) is 0 Å². The Morgan fingerprint density at radius 1 is 1.32 bits per heavy atom. The molecule has 0 saturated heterocycles. The second-order valence-corrected chi connectivity index (χ2v) is 4.89. The van der Waals surface area contributed by atoms with Crippen LogP contribution in [0.5, 0.6) is 5.75 Å². The molecule has 0 heterocycles. The van der Waals surface area contributed by atoms with Crippen molar-refractivity contribution in [2.45, 2.75) is 33.2 Å². The van der Waals surface area contributed by atoms with E-state index in [0.29, 0.717) is 24.3 Å². The van der Waals surface area contributed by atoms with Crippen molar-refractivity contribution in [2.24, 2.45) is 5.92 Å². The molecule has 4 nitrogen and oxygen atoms in total. The lowest BCUT2D eigenvalue weighted by molar-refractivity contribution is 0.0697. The molecule has 0 amide bonds.